The van der Waals surface area contributed by atoms with Crippen molar-refractivity contribution in [2.45, 2.75) is 6.42 Å². The van der Waals surface area contributed by atoms with Gasteiger partial charge in [0.05, 0.1) is 11.3 Å². The lowest BCUT2D eigenvalue weighted by atomic mass is 10.1. The van der Waals surface area contributed by atoms with Crippen LogP contribution in [0, 0.1) is 15.9 Å². The van der Waals surface area contributed by atoms with Crippen LogP contribution in [0.1, 0.15) is 5.56 Å². The molecule has 1 amide bonds. The molecule has 0 saturated carbocycles. The minimum Gasteiger partial charge on any atom is -0.362 e. The fourth-order valence-electron chi connectivity index (χ4n) is 3.00. The number of carbonyl (C=O) groups is 1. The van der Waals surface area contributed by atoms with Crippen molar-refractivity contribution in [3.63, 3.8) is 0 Å². The van der Waals surface area contributed by atoms with E-state index < -0.39 is 4.92 Å². The van der Waals surface area contributed by atoms with Crippen molar-refractivity contribution in [3.05, 3.63) is 70.0 Å². The Morgan fingerprint density at radius 3 is 2.36 bits per heavy atom. The maximum Gasteiger partial charge on any atom is 0.292 e. The number of halogens is 1. The van der Waals surface area contributed by atoms with E-state index >= 15 is 0 Å². The fraction of sp³-hybridized carbons (Fsp3) is 0.278. The van der Waals surface area contributed by atoms with Crippen LogP contribution in [0.4, 0.5) is 15.8 Å². The summed E-state index contributed by atoms with van der Waals surface area (Å²) < 4.78 is 13.7. The van der Waals surface area contributed by atoms with Crippen LogP contribution in [0.25, 0.3) is 0 Å². The van der Waals surface area contributed by atoms with E-state index in [1.54, 1.807) is 41.3 Å². The Kier molecular flexibility index (Phi) is 4.92. The summed E-state index contributed by atoms with van der Waals surface area (Å²) in [7, 11) is 0. The average Bonchev–Trinajstić information content (AvgIpc) is 2.63. The number of benzene rings is 2. The van der Waals surface area contributed by atoms with Gasteiger partial charge >= 0.3 is 0 Å². The first-order valence-electron chi connectivity index (χ1n) is 8.06. The number of carbonyl (C=O) groups excluding carboxylic acids is 1. The van der Waals surface area contributed by atoms with Crippen molar-refractivity contribution >= 4 is 17.3 Å². The molecule has 25 heavy (non-hydrogen) atoms. The van der Waals surface area contributed by atoms with Crippen LogP contribution in [-0.4, -0.2) is 41.9 Å². The third kappa shape index (κ3) is 3.76. The Hall–Kier alpha value is -2.96. The van der Waals surface area contributed by atoms with Crippen LogP contribution < -0.4 is 4.90 Å². The predicted molar refractivity (Wildman–Crippen MR) is 92.0 cm³/mol. The number of amides is 1. The molecule has 0 aromatic heterocycles. The first-order chi connectivity index (χ1) is 12.1. The summed E-state index contributed by atoms with van der Waals surface area (Å²) >= 11 is 0. The molecule has 0 unspecified atom stereocenters. The zero-order valence-corrected chi connectivity index (χ0v) is 13.6. The van der Waals surface area contributed by atoms with Gasteiger partial charge in [-0.05, 0) is 17.7 Å². The molecule has 0 atom stereocenters. The molecule has 1 aliphatic rings. The summed E-state index contributed by atoms with van der Waals surface area (Å²) in [5.74, 6) is -0.512. The molecular formula is C18H18FN3O3. The number of anilines is 1. The standard InChI is InChI=1S/C18H18FN3O3/c19-15-6-2-1-5-14(15)13-18(23)21-11-9-20(10-12-21)16-7-3-4-8-17(16)22(24)25/h1-8H,9-13H2. The van der Waals surface area contributed by atoms with Crippen LogP contribution in [0.15, 0.2) is 48.5 Å². The molecule has 2 aromatic rings. The summed E-state index contributed by atoms with van der Waals surface area (Å²) in [5.41, 5.74) is 1.01. The van der Waals surface area contributed by atoms with Gasteiger partial charge < -0.3 is 9.80 Å². The Labute approximate surface area is 144 Å². The monoisotopic (exact) mass is 343 g/mol. The number of hydrogen-bond acceptors (Lipinski definition) is 4. The van der Waals surface area contributed by atoms with E-state index in [2.05, 4.69) is 0 Å². The second kappa shape index (κ2) is 7.29. The Balaban J connectivity index is 1.63. The van der Waals surface area contributed by atoms with Gasteiger partial charge in [0.2, 0.25) is 5.91 Å². The van der Waals surface area contributed by atoms with Crippen LogP contribution >= 0.6 is 0 Å². The summed E-state index contributed by atoms with van der Waals surface area (Å²) in [6, 6.07) is 12.8. The van der Waals surface area contributed by atoms with Gasteiger partial charge in [-0.2, -0.15) is 0 Å². The van der Waals surface area contributed by atoms with Gasteiger partial charge in [0, 0.05) is 32.2 Å². The topological polar surface area (TPSA) is 66.7 Å². The van der Waals surface area contributed by atoms with E-state index in [1.165, 1.54) is 12.1 Å². The molecule has 1 saturated heterocycles. The van der Waals surface area contributed by atoms with E-state index in [9.17, 15) is 19.3 Å². The maximum absolute atomic E-state index is 13.7. The van der Waals surface area contributed by atoms with E-state index in [-0.39, 0.29) is 23.8 Å². The van der Waals surface area contributed by atoms with Crippen molar-refractivity contribution in [1.29, 1.82) is 0 Å². The van der Waals surface area contributed by atoms with Crippen molar-refractivity contribution in [2.24, 2.45) is 0 Å². The first kappa shape index (κ1) is 16.9. The number of nitro benzene ring substituents is 1. The molecule has 1 fully saturated rings. The largest absolute Gasteiger partial charge is 0.362 e. The van der Waals surface area contributed by atoms with E-state index in [1.807, 2.05) is 4.90 Å². The van der Waals surface area contributed by atoms with E-state index in [0.717, 1.165) is 0 Å². The second-order valence-electron chi connectivity index (χ2n) is 5.88. The molecule has 130 valence electrons. The summed E-state index contributed by atoms with van der Waals surface area (Å²) in [6.07, 6.45) is 0.0260. The lowest BCUT2D eigenvalue weighted by Crippen LogP contribution is -2.49. The number of nitrogens with zero attached hydrogens (tertiary/aromatic N) is 3. The van der Waals surface area contributed by atoms with Crippen molar-refractivity contribution in [3.8, 4) is 0 Å². The molecule has 0 bridgehead atoms. The van der Waals surface area contributed by atoms with Gasteiger partial charge in [-0.3, -0.25) is 14.9 Å². The quantitative estimate of drug-likeness (QED) is 0.632. The van der Waals surface area contributed by atoms with Gasteiger partial charge in [0.1, 0.15) is 11.5 Å². The lowest BCUT2D eigenvalue weighted by Gasteiger charge is -2.35. The van der Waals surface area contributed by atoms with Crippen molar-refractivity contribution in [2.75, 3.05) is 31.1 Å². The Morgan fingerprint density at radius 2 is 1.68 bits per heavy atom. The molecule has 6 nitrogen and oxygen atoms in total. The molecule has 0 spiro atoms. The molecule has 1 heterocycles. The highest BCUT2D eigenvalue weighted by Crippen LogP contribution is 2.28. The summed E-state index contributed by atoms with van der Waals surface area (Å²) in [6.45, 7) is 1.93. The molecule has 7 heteroatoms. The van der Waals surface area contributed by atoms with Crippen LogP contribution in [0.2, 0.25) is 0 Å². The zero-order valence-electron chi connectivity index (χ0n) is 13.6. The molecule has 0 N–H and O–H groups in total. The minimum atomic E-state index is -0.398. The number of para-hydroxylation sites is 2. The molecule has 1 aliphatic heterocycles. The second-order valence-corrected chi connectivity index (χ2v) is 5.88. The van der Waals surface area contributed by atoms with Gasteiger partial charge in [0.15, 0.2) is 0 Å². The van der Waals surface area contributed by atoms with Gasteiger partial charge in [-0.25, -0.2) is 4.39 Å². The number of hydrogen-bond donors (Lipinski definition) is 0. The molecule has 0 aliphatic carbocycles. The van der Waals surface area contributed by atoms with Crippen molar-refractivity contribution < 1.29 is 14.1 Å². The third-order valence-corrected chi connectivity index (χ3v) is 4.35. The van der Waals surface area contributed by atoms with Crippen molar-refractivity contribution in [1.82, 2.24) is 4.90 Å². The van der Waals surface area contributed by atoms with E-state index in [4.69, 9.17) is 0 Å². The summed E-state index contributed by atoms with van der Waals surface area (Å²) in [5, 5.41) is 11.2. The van der Waals surface area contributed by atoms with Gasteiger partial charge in [-0.1, -0.05) is 30.3 Å². The average molecular weight is 343 g/mol. The Morgan fingerprint density at radius 1 is 1.04 bits per heavy atom. The molecule has 3 rings (SSSR count). The number of nitro groups is 1. The SMILES string of the molecule is O=C(Cc1ccccc1F)N1CCN(c2ccccc2[N+](=O)[O-])CC1. The highest BCUT2D eigenvalue weighted by molar-refractivity contribution is 5.79. The fourth-order valence-corrected chi connectivity index (χ4v) is 3.00. The highest BCUT2D eigenvalue weighted by Gasteiger charge is 2.25. The number of piperazine rings is 1. The van der Waals surface area contributed by atoms with E-state index in [0.29, 0.717) is 37.4 Å². The lowest BCUT2D eigenvalue weighted by molar-refractivity contribution is -0.384. The van der Waals surface area contributed by atoms with Crippen LogP contribution in [0.5, 0.6) is 0 Å². The molecule has 2 aromatic carbocycles. The zero-order chi connectivity index (χ0) is 17.8. The number of rotatable bonds is 4. The smallest absolute Gasteiger partial charge is 0.292 e. The Bertz CT molecular complexity index is 789. The highest BCUT2D eigenvalue weighted by atomic mass is 19.1. The van der Waals surface area contributed by atoms with Gasteiger partial charge in [-0.15, -0.1) is 0 Å². The molecule has 0 radical (unpaired) electrons. The summed E-state index contributed by atoms with van der Waals surface area (Å²) in [4.78, 5) is 26.7. The normalized spacial score (nSPS) is 14.4. The third-order valence-electron chi connectivity index (χ3n) is 4.35. The van der Waals surface area contributed by atoms with Gasteiger partial charge in [0.25, 0.3) is 5.69 Å². The maximum atomic E-state index is 13.7. The molecular weight excluding hydrogens is 325 g/mol. The first-order valence-corrected chi connectivity index (χ1v) is 8.06. The van der Waals surface area contributed by atoms with Crippen LogP contribution in [-0.2, 0) is 11.2 Å². The van der Waals surface area contributed by atoms with Crippen LogP contribution in [0.3, 0.4) is 0 Å². The minimum absolute atomic E-state index is 0.0260. The predicted octanol–water partition coefficient (Wildman–Crippen LogP) is 2.63.